The molecule has 4 heterocycles. The van der Waals surface area contributed by atoms with Crippen molar-refractivity contribution >= 4 is 49.1 Å². The predicted octanol–water partition coefficient (Wildman–Crippen LogP) is 13.2. The van der Waals surface area contributed by atoms with Crippen LogP contribution in [0.4, 0.5) is 0 Å². The van der Waals surface area contributed by atoms with Crippen molar-refractivity contribution in [3.05, 3.63) is 89.5 Å². The number of fused-ring (bicyclic) bond motifs is 3. The van der Waals surface area contributed by atoms with E-state index in [0.717, 1.165) is 55.3 Å². The fourth-order valence-corrected chi connectivity index (χ4v) is 6.98. The Morgan fingerprint density at radius 1 is 0.863 bits per heavy atom. The SMILES string of the molecule is CC(C)(C)C(=O)/C=C(\O)C(C)(C)C.Cc1c(-c2cc3oc(CC(C)(C)C)cc3o2)sc2c(-c3[c-]c4ccccc4c(C(C)(C)C)c3)nccc12.[Ir]. The van der Waals surface area contributed by atoms with Gasteiger partial charge in [-0.3, -0.25) is 9.78 Å². The molecular weight excluding hydrogens is 831 g/mol. The molecule has 6 aromatic rings. The van der Waals surface area contributed by atoms with Gasteiger partial charge in [-0.1, -0.05) is 112 Å². The zero-order valence-corrected chi connectivity index (χ0v) is 35.6. The van der Waals surface area contributed by atoms with E-state index in [2.05, 4.69) is 90.9 Å². The van der Waals surface area contributed by atoms with Gasteiger partial charge in [-0.2, -0.15) is 0 Å². The Morgan fingerprint density at radius 2 is 1.51 bits per heavy atom. The van der Waals surface area contributed by atoms with Crippen molar-refractivity contribution in [3.63, 3.8) is 0 Å². The number of carbonyl (C=O) groups excluding carboxylic acids is 1. The summed E-state index contributed by atoms with van der Waals surface area (Å²) in [7, 11) is 0. The molecular formula is C44H52IrNO4S-. The molecule has 0 amide bonds. The molecule has 6 rings (SSSR count). The van der Waals surface area contributed by atoms with Gasteiger partial charge in [0.05, 0.1) is 4.88 Å². The minimum atomic E-state index is -0.417. The van der Waals surface area contributed by atoms with Crippen LogP contribution >= 0.6 is 11.3 Å². The quantitative estimate of drug-likeness (QED) is 0.108. The Balaban J connectivity index is 0.000000358. The normalized spacial score (nSPS) is 13.0. The molecule has 5 nitrogen and oxygen atoms in total. The minimum absolute atomic E-state index is 0. The van der Waals surface area contributed by atoms with Gasteiger partial charge < -0.3 is 13.9 Å². The van der Waals surface area contributed by atoms with Gasteiger partial charge in [-0.25, -0.2) is 0 Å². The summed E-state index contributed by atoms with van der Waals surface area (Å²) in [6.45, 7) is 26.7. The molecule has 1 N–H and O–H groups in total. The standard InChI is InChI=1S/C33H32NO2S.C11H20O2.Ir/c1-19-23-12-13-34-29(21-14-20-10-8-9-11-24(20)25(15-21)33(5,6)7)31(23)37-30(19)28-17-27-26(36-28)16-22(35-27)18-32(2,3)4;1-10(2,3)8(12)7-9(13)11(4,5)6;/h8-13,15-17H,18H2,1-7H3;7,12H,1-6H3;/q-1;;/b;8-7-;. The van der Waals surface area contributed by atoms with Crippen LogP contribution in [0.3, 0.4) is 0 Å². The molecule has 0 fully saturated rings. The molecule has 1 radical (unpaired) electrons. The van der Waals surface area contributed by atoms with Crippen molar-refractivity contribution in [2.24, 2.45) is 16.2 Å². The molecule has 0 unspecified atom stereocenters. The molecule has 273 valence electrons. The number of pyridine rings is 1. The number of nitrogens with zero attached hydrogens (tertiary/aromatic N) is 1. The van der Waals surface area contributed by atoms with Crippen LogP contribution in [0.2, 0.25) is 0 Å². The molecule has 0 saturated heterocycles. The summed E-state index contributed by atoms with van der Waals surface area (Å²) >= 11 is 1.73. The van der Waals surface area contributed by atoms with Gasteiger partial charge in [-0.05, 0) is 34.8 Å². The zero-order valence-electron chi connectivity index (χ0n) is 32.3. The van der Waals surface area contributed by atoms with Crippen LogP contribution in [-0.2, 0) is 36.7 Å². The van der Waals surface area contributed by atoms with E-state index in [-0.39, 0.29) is 47.9 Å². The molecule has 0 aliphatic rings. The number of rotatable bonds is 4. The van der Waals surface area contributed by atoms with Gasteiger partial charge in [0.25, 0.3) is 0 Å². The molecule has 7 heteroatoms. The monoisotopic (exact) mass is 883 g/mol. The Kier molecular flexibility index (Phi) is 11.4. The van der Waals surface area contributed by atoms with E-state index in [4.69, 9.17) is 13.8 Å². The van der Waals surface area contributed by atoms with Crippen LogP contribution in [0.1, 0.15) is 100.0 Å². The van der Waals surface area contributed by atoms with Crippen molar-refractivity contribution in [1.29, 1.82) is 0 Å². The fourth-order valence-electron chi connectivity index (χ4n) is 5.72. The number of hydrogen-bond donors (Lipinski definition) is 1. The molecule has 0 aliphatic heterocycles. The molecule has 2 aromatic carbocycles. The van der Waals surface area contributed by atoms with E-state index in [1.165, 1.54) is 28.0 Å². The Bertz CT molecular complexity index is 2190. The summed E-state index contributed by atoms with van der Waals surface area (Å²) in [6, 6.07) is 20.6. The first-order chi connectivity index (χ1) is 23.0. The second-order valence-electron chi connectivity index (χ2n) is 17.7. The molecule has 51 heavy (non-hydrogen) atoms. The van der Waals surface area contributed by atoms with Gasteiger partial charge in [0.15, 0.2) is 16.9 Å². The maximum atomic E-state index is 11.5. The van der Waals surface area contributed by atoms with E-state index in [1.54, 1.807) is 11.3 Å². The first kappa shape index (κ1) is 40.3. The van der Waals surface area contributed by atoms with E-state index < -0.39 is 5.41 Å². The Labute approximate surface area is 320 Å². The number of hydrogen-bond acceptors (Lipinski definition) is 6. The van der Waals surface area contributed by atoms with Crippen molar-refractivity contribution in [1.82, 2.24) is 4.98 Å². The van der Waals surface area contributed by atoms with Gasteiger partial charge >= 0.3 is 0 Å². The molecule has 0 aliphatic carbocycles. The van der Waals surface area contributed by atoms with Crippen LogP contribution in [0.15, 0.2) is 75.4 Å². The Hall–Kier alpha value is -3.51. The minimum Gasteiger partial charge on any atom is -0.512 e. The van der Waals surface area contributed by atoms with Gasteiger partial charge in [0, 0.05) is 72.2 Å². The number of benzene rings is 2. The molecule has 0 spiro atoms. The topological polar surface area (TPSA) is 76.5 Å². The van der Waals surface area contributed by atoms with Crippen LogP contribution in [0, 0.1) is 29.2 Å². The molecule has 4 aromatic heterocycles. The number of aliphatic hydroxyl groups is 1. The summed E-state index contributed by atoms with van der Waals surface area (Å²) in [5.74, 6) is 1.92. The number of carbonyl (C=O) groups is 1. The van der Waals surface area contributed by atoms with Crippen LogP contribution in [-0.4, -0.2) is 15.9 Å². The third-order valence-electron chi connectivity index (χ3n) is 8.65. The van der Waals surface area contributed by atoms with E-state index in [0.29, 0.717) is 0 Å². The predicted molar refractivity (Wildman–Crippen MR) is 210 cm³/mol. The fraction of sp³-hybridized carbons (Fsp3) is 0.409. The smallest absolute Gasteiger partial charge is 0.173 e. The van der Waals surface area contributed by atoms with E-state index in [1.807, 2.05) is 59.9 Å². The molecule has 0 saturated carbocycles. The van der Waals surface area contributed by atoms with Crippen LogP contribution < -0.4 is 0 Å². The summed E-state index contributed by atoms with van der Waals surface area (Å²) in [5, 5.41) is 13.1. The van der Waals surface area contributed by atoms with E-state index in [9.17, 15) is 9.90 Å². The number of aromatic nitrogens is 1. The van der Waals surface area contributed by atoms with Crippen molar-refractivity contribution < 1.29 is 38.8 Å². The average Bonchev–Trinajstić information content (AvgIpc) is 3.65. The summed E-state index contributed by atoms with van der Waals surface area (Å²) < 4.78 is 13.6. The third kappa shape index (κ3) is 9.11. The van der Waals surface area contributed by atoms with Gasteiger partial charge in [0.2, 0.25) is 0 Å². The third-order valence-corrected chi connectivity index (χ3v) is 9.98. The summed E-state index contributed by atoms with van der Waals surface area (Å²) in [6.07, 6.45) is 4.12. The van der Waals surface area contributed by atoms with Crippen molar-refractivity contribution in [2.75, 3.05) is 0 Å². The molecule has 0 bridgehead atoms. The average molecular weight is 883 g/mol. The molecule has 0 atom stereocenters. The number of aryl methyl sites for hydroxylation is 1. The summed E-state index contributed by atoms with van der Waals surface area (Å²) in [4.78, 5) is 17.5. The second-order valence-corrected chi connectivity index (χ2v) is 18.7. The number of thiophene rings is 1. The first-order valence-electron chi connectivity index (χ1n) is 17.4. The number of allylic oxidation sites excluding steroid dienone is 2. The van der Waals surface area contributed by atoms with Gasteiger partial charge in [0.1, 0.15) is 17.3 Å². The number of ketones is 1. The maximum Gasteiger partial charge on any atom is 0.173 e. The van der Waals surface area contributed by atoms with Crippen LogP contribution in [0.5, 0.6) is 0 Å². The largest absolute Gasteiger partial charge is 0.512 e. The first-order valence-corrected chi connectivity index (χ1v) is 18.2. The maximum absolute atomic E-state index is 11.5. The number of aliphatic hydroxyl groups excluding tert-OH is 1. The number of furan rings is 2. The van der Waals surface area contributed by atoms with Crippen molar-refractivity contribution in [3.8, 4) is 21.9 Å². The zero-order chi connectivity index (χ0) is 37.0. The van der Waals surface area contributed by atoms with E-state index >= 15 is 0 Å². The second kappa shape index (κ2) is 14.5. The summed E-state index contributed by atoms with van der Waals surface area (Å²) in [5.41, 5.74) is 5.52. The van der Waals surface area contributed by atoms with Gasteiger partial charge in [-0.15, -0.1) is 40.5 Å². The van der Waals surface area contributed by atoms with Crippen molar-refractivity contribution in [2.45, 2.75) is 102 Å². The van der Waals surface area contributed by atoms with Crippen LogP contribution in [0.25, 0.3) is 53.9 Å². The Morgan fingerprint density at radius 3 is 2.10 bits per heavy atom.